The van der Waals surface area contributed by atoms with Gasteiger partial charge >= 0.3 is 5.97 Å². The largest absolute Gasteiger partial charge is 0.478 e. The van der Waals surface area contributed by atoms with Crippen LogP contribution in [0.5, 0.6) is 0 Å². The first-order chi connectivity index (χ1) is 9.66. The fourth-order valence-electron chi connectivity index (χ4n) is 1.62. The second-order valence-electron chi connectivity index (χ2n) is 4.04. The van der Waals surface area contributed by atoms with E-state index in [1.54, 1.807) is 23.9 Å². The lowest BCUT2D eigenvalue weighted by molar-refractivity contribution is 0.0697. The number of hydrogen-bond acceptors (Lipinski definition) is 3. The van der Waals surface area contributed by atoms with E-state index in [2.05, 4.69) is 0 Å². The number of benzene rings is 2. The first-order valence-electron chi connectivity index (χ1n) is 6.06. The summed E-state index contributed by atoms with van der Waals surface area (Å²) in [5.74, 6) is 0.338. The van der Waals surface area contributed by atoms with E-state index in [-0.39, 0.29) is 5.56 Å². The molecule has 0 heterocycles. The Morgan fingerprint density at radius 1 is 1.05 bits per heavy atom. The van der Waals surface area contributed by atoms with Crippen molar-refractivity contribution in [3.8, 4) is 0 Å². The molecule has 0 aliphatic heterocycles. The van der Waals surface area contributed by atoms with Crippen molar-refractivity contribution in [1.29, 1.82) is 0 Å². The average Bonchev–Trinajstić information content (AvgIpc) is 2.48. The minimum atomic E-state index is -1.09. The average molecular weight is 306 g/mol. The van der Waals surface area contributed by atoms with Gasteiger partial charge in [-0.1, -0.05) is 18.2 Å². The normalized spacial score (nSPS) is 12.0. The van der Waals surface area contributed by atoms with E-state index in [1.807, 2.05) is 30.3 Å². The van der Waals surface area contributed by atoms with E-state index in [0.717, 1.165) is 10.6 Å². The highest BCUT2D eigenvalue weighted by molar-refractivity contribution is 8.00. The summed E-state index contributed by atoms with van der Waals surface area (Å²) in [5.41, 5.74) is 0.212. The van der Waals surface area contributed by atoms with Crippen LogP contribution in [0.15, 0.2) is 64.4 Å². The highest BCUT2D eigenvalue weighted by Crippen LogP contribution is 2.18. The lowest BCUT2D eigenvalue weighted by Gasteiger charge is -2.03. The van der Waals surface area contributed by atoms with Crippen LogP contribution in [-0.4, -0.2) is 26.8 Å². The van der Waals surface area contributed by atoms with Crippen molar-refractivity contribution >= 4 is 28.5 Å². The van der Waals surface area contributed by atoms with Crippen molar-refractivity contribution in [2.45, 2.75) is 9.79 Å². The predicted octanol–water partition coefficient (Wildman–Crippen LogP) is 3.28. The summed E-state index contributed by atoms with van der Waals surface area (Å²) in [5, 5.41) is 8.80. The first kappa shape index (κ1) is 14.8. The maximum atomic E-state index is 12.1. The van der Waals surface area contributed by atoms with Gasteiger partial charge in [0.15, 0.2) is 0 Å². The molecule has 3 nitrogen and oxygen atoms in total. The van der Waals surface area contributed by atoms with Crippen LogP contribution in [0, 0.1) is 0 Å². The highest BCUT2D eigenvalue weighted by atomic mass is 32.2. The van der Waals surface area contributed by atoms with Gasteiger partial charge in [0.25, 0.3) is 0 Å². The monoisotopic (exact) mass is 306 g/mol. The zero-order valence-electron chi connectivity index (χ0n) is 10.7. The molecule has 0 aromatic heterocycles. The molecule has 0 amide bonds. The van der Waals surface area contributed by atoms with Gasteiger partial charge in [0, 0.05) is 21.3 Å². The SMILES string of the molecule is O=C(O)c1ccc(S(=O)CCSc2ccccc2)cc1. The number of thioether (sulfide) groups is 1. The third-order valence-corrected chi connectivity index (χ3v) is 5.29. The molecular weight excluding hydrogens is 292 g/mol. The van der Waals surface area contributed by atoms with Gasteiger partial charge in [-0.05, 0) is 36.4 Å². The summed E-state index contributed by atoms with van der Waals surface area (Å²) < 4.78 is 12.1. The molecule has 0 bridgehead atoms. The van der Waals surface area contributed by atoms with E-state index in [9.17, 15) is 9.00 Å². The molecule has 2 aromatic rings. The Labute approximate surface area is 124 Å². The van der Waals surface area contributed by atoms with Crippen LogP contribution < -0.4 is 0 Å². The van der Waals surface area contributed by atoms with Crippen LogP contribution in [0.1, 0.15) is 10.4 Å². The Morgan fingerprint density at radius 3 is 2.30 bits per heavy atom. The van der Waals surface area contributed by atoms with E-state index < -0.39 is 16.8 Å². The summed E-state index contributed by atoms with van der Waals surface area (Å²) in [7, 11) is -1.09. The van der Waals surface area contributed by atoms with Crippen molar-refractivity contribution in [3.05, 3.63) is 60.2 Å². The minimum absolute atomic E-state index is 0.212. The zero-order chi connectivity index (χ0) is 14.4. The number of hydrogen-bond donors (Lipinski definition) is 1. The molecule has 2 aromatic carbocycles. The van der Waals surface area contributed by atoms with Gasteiger partial charge in [-0.25, -0.2) is 4.79 Å². The topological polar surface area (TPSA) is 54.4 Å². The molecule has 0 saturated heterocycles. The fraction of sp³-hybridized carbons (Fsp3) is 0.133. The predicted molar refractivity (Wildman–Crippen MR) is 81.8 cm³/mol. The van der Waals surface area contributed by atoms with E-state index in [0.29, 0.717) is 10.6 Å². The van der Waals surface area contributed by atoms with Crippen LogP contribution in [0.25, 0.3) is 0 Å². The van der Waals surface area contributed by atoms with Gasteiger partial charge in [0.1, 0.15) is 0 Å². The maximum Gasteiger partial charge on any atom is 0.335 e. The molecule has 1 atom stereocenters. The lowest BCUT2D eigenvalue weighted by Crippen LogP contribution is -2.02. The summed E-state index contributed by atoms with van der Waals surface area (Å²) in [6.07, 6.45) is 0. The molecule has 0 fully saturated rings. The van der Waals surface area contributed by atoms with Crippen LogP contribution in [0.2, 0.25) is 0 Å². The van der Waals surface area contributed by atoms with Crippen molar-refractivity contribution in [2.75, 3.05) is 11.5 Å². The van der Waals surface area contributed by atoms with E-state index in [1.165, 1.54) is 12.1 Å². The highest BCUT2D eigenvalue weighted by Gasteiger charge is 2.06. The summed E-state index contributed by atoms with van der Waals surface area (Å²) in [6.45, 7) is 0. The van der Waals surface area contributed by atoms with Gasteiger partial charge in [0.05, 0.1) is 16.4 Å². The van der Waals surface area contributed by atoms with Crippen LogP contribution in [-0.2, 0) is 10.8 Å². The first-order valence-corrected chi connectivity index (χ1v) is 8.37. The van der Waals surface area contributed by atoms with Crippen molar-refractivity contribution < 1.29 is 14.1 Å². The Balaban J connectivity index is 1.87. The Kier molecular flexibility index (Phi) is 5.38. The van der Waals surface area contributed by atoms with Gasteiger partial charge in [-0.15, -0.1) is 11.8 Å². The quantitative estimate of drug-likeness (QED) is 0.832. The number of aromatic carboxylic acids is 1. The summed E-state index contributed by atoms with van der Waals surface area (Å²) in [6, 6.07) is 16.2. The molecule has 0 spiro atoms. The summed E-state index contributed by atoms with van der Waals surface area (Å²) in [4.78, 5) is 12.6. The molecular formula is C15H14O3S2. The lowest BCUT2D eigenvalue weighted by atomic mass is 10.2. The third kappa shape index (κ3) is 4.21. The molecule has 1 N–H and O–H groups in total. The van der Waals surface area contributed by atoms with E-state index in [4.69, 9.17) is 5.11 Å². The Morgan fingerprint density at radius 2 is 1.70 bits per heavy atom. The molecule has 1 unspecified atom stereocenters. The maximum absolute atomic E-state index is 12.1. The number of carboxylic acids is 1. The minimum Gasteiger partial charge on any atom is -0.478 e. The molecule has 5 heteroatoms. The van der Waals surface area contributed by atoms with Crippen molar-refractivity contribution in [3.63, 3.8) is 0 Å². The van der Waals surface area contributed by atoms with Crippen molar-refractivity contribution in [1.82, 2.24) is 0 Å². The number of carboxylic acid groups (broad SMARTS) is 1. The number of carbonyl (C=O) groups is 1. The molecule has 0 aliphatic carbocycles. The van der Waals surface area contributed by atoms with Gasteiger partial charge in [-0.2, -0.15) is 0 Å². The van der Waals surface area contributed by atoms with Crippen molar-refractivity contribution in [2.24, 2.45) is 0 Å². The molecule has 104 valence electrons. The molecule has 2 rings (SSSR count). The molecule has 0 radical (unpaired) electrons. The van der Waals surface area contributed by atoms with Gasteiger partial charge in [-0.3, -0.25) is 4.21 Å². The summed E-state index contributed by atoms with van der Waals surface area (Å²) >= 11 is 1.66. The van der Waals surface area contributed by atoms with Gasteiger partial charge < -0.3 is 5.11 Å². The zero-order valence-corrected chi connectivity index (χ0v) is 12.3. The van der Waals surface area contributed by atoms with Crippen LogP contribution in [0.3, 0.4) is 0 Å². The second kappa shape index (κ2) is 7.26. The molecule has 0 saturated carbocycles. The van der Waals surface area contributed by atoms with Gasteiger partial charge in [0.2, 0.25) is 0 Å². The standard InChI is InChI=1S/C15H14O3S2/c16-15(17)12-6-8-14(9-7-12)20(18)11-10-19-13-4-2-1-3-5-13/h1-9H,10-11H2,(H,16,17). The third-order valence-electron chi connectivity index (χ3n) is 2.64. The molecule has 20 heavy (non-hydrogen) atoms. The van der Waals surface area contributed by atoms with Crippen LogP contribution in [0.4, 0.5) is 0 Å². The fourth-order valence-corrected chi connectivity index (χ4v) is 3.82. The van der Waals surface area contributed by atoms with Crippen LogP contribution >= 0.6 is 11.8 Å². The Hall–Kier alpha value is -1.59. The van der Waals surface area contributed by atoms with E-state index >= 15 is 0 Å². The molecule has 0 aliphatic rings. The number of rotatable bonds is 6. The Bertz CT molecular complexity index is 594. The second-order valence-corrected chi connectivity index (χ2v) is 6.78. The smallest absolute Gasteiger partial charge is 0.335 e.